The van der Waals surface area contributed by atoms with Crippen molar-refractivity contribution in [1.82, 2.24) is 29.7 Å². The molecule has 2 aromatic rings. The minimum absolute atomic E-state index is 0.0843. The first kappa shape index (κ1) is 30.9. The van der Waals surface area contributed by atoms with E-state index in [9.17, 15) is 23.4 Å². The number of nitrogen functional groups attached to an aromatic ring is 1. The van der Waals surface area contributed by atoms with Crippen LogP contribution in [0.4, 0.5) is 11.8 Å². The van der Waals surface area contributed by atoms with Crippen molar-refractivity contribution in [2.24, 2.45) is 0 Å². The number of hydrogen-bond acceptors (Lipinski definition) is 12. The van der Waals surface area contributed by atoms with E-state index < -0.39 is 34.4 Å². The number of amides is 1. The van der Waals surface area contributed by atoms with Crippen molar-refractivity contribution in [1.29, 1.82) is 0 Å². The summed E-state index contributed by atoms with van der Waals surface area (Å²) in [5, 5.41) is 27.1. The van der Waals surface area contributed by atoms with Gasteiger partial charge in [0.2, 0.25) is 11.9 Å². The van der Waals surface area contributed by atoms with Gasteiger partial charge in [0, 0.05) is 38.1 Å². The summed E-state index contributed by atoms with van der Waals surface area (Å²) in [6.45, 7) is 4.07. The molecular formula is C24H42N8O6S. The van der Waals surface area contributed by atoms with E-state index in [1.165, 1.54) is 12.6 Å². The minimum Gasteiger partial charge on any atom is -0.387 e. The zero-order valence-electron chi connectivity index (χ0n) is 22.9. The fourth-order valence-electron chi connectivity index (χ4n) is 4.56. The van der Waals surface area contributed by atoms with Crippen LogP contribution < -0.4 is 16.4 Å². The van der Waals surface area contributed by atoms with Gasteiger partial charge in [-0.1, -0.05) is 19.8 Å². The Hall–Kier alpha value is -2.59. The number of sulfone groups is 1. The number of carbonyl (C=O) groups is 1. The molecule has 2 aromatic heterocycles. The molecule has 14 nitrogen and oxygen atoms in total. The molecule has 1 unspecified atom stereocenters. The quantitative estimate of drug-likeness (QED) is 0.168. The van der Waals surface area contributed by atoms with E-state index >= 15 is 0 Å². The summed E-state index contributed by atoms with van der Waals surface area (Å²) in [6.07, 6.45) is 3.19. The van der Waals surface area contributed by atoms with Gasteiger partial charge in [0.25, 0.3) is 0 Å². The van der Waals surface area contributed by atoms with Gasteiger partial charge in [0.1, 0.15) is 33.7 Å². The van der Waals surface area contributed by atoms with Crippen LogP contribution in [0.3, 0.4) is 0 Å². The number of fused-ring (bicyclic) bond motifs is 1. The summed E-state index contributed by atoms with van der Waals surface area (Å²) in [6, 6.07) is 0. The number of hydrogen-bond donors (Lipinski definition) is 5. The molecule has 1 saturated heterocycles. The molecule has 0 spiro atoms. The van der Waals surface area contributed by atoms with Gasteiger partial charge >= 0.3 is 0 Å². The van der Waals surface area contributed by atoms with E-state index in [0.717, 1.165) is 25.8 Å². The molecule has 0 saturated carbocycles. The molecule has 3 rings (SSSR count). The van der Waals surface area contributed by atoms with Crippen molar-refractivity contribution in [3.63, 3.8) is 0 Å². The van der Waals surface area contributed by atoms with Crippen LogP contribution in [0.25, 0.3) is 11.2 Å². The number of likely N-dealkylation sites (N-methyl/N-ethyl adjacent to an activating group) is 1. The van der Waals surface area contributed by atoms with Crippen molar-refractivity contribution in [3.8, 4) is 0 Å². The van der Waals surface area contributed by atoms with Crippen LogP contribution >= 0.6 is 0 Å². The van der Waals surface area contributed by atoms with Crippen LogP contribution in [0, 0.1) is 0 Å². The van der Waals surface area contributed by atoms with E-state index in [1.807, 2.05) is 11.9 Å². The van der Waals surface area contributed by atoms with Crippen LogP contribution in [0.15, 0.2) is 6.33 Å². The normalized spacial score (nSPS) is 21.6. The van der Waals surface area contributed by atoms with Gasteiger partial charge in [-0.05, 0) is 32.9 Å². The van der Waals surface area contributed by atoms with Gasteiger partial charge in [0.05, 0.1) is 6.33 Å². The molecule has 0 radical (unpaired) electrons. The zero-order valence-corrected chi connectivity index (χ0v) is 23.7. The van der Waals surface area contributed by atoms with Crippen LogP contribution in [-0.2, 0) is 19.4 Å². The topological polar surface area (TPSA) is 198 Å². The van der Waals surface area contributed by atoms with Crippen molar-refractivity contribution < 1.29 is 28.2 Å². The van der Waals surface area contributed by atoms with Crippen LogP contribution in [0.1, 0.15) is 51.7 Å². The van der Waals surface area contributed by atoms with Crippen molar-refractivity contribution >= 4 is 38.7 Å². The molecule has 1 aliphatic rings. The Labute approximate surface area is 229 Å². The highest BCUT2D eigenvalue weighted by atomic mass is 32.2. The summed E-state index contributed by atoms with van der Waals surface area (Å²) >= 11 is 0. The van der Waals surface area contributed by atoms with Gasteiger partial charge in [-0.25, -0.2) is 13.4 Å². The second-order valence-corrected chi connectivity index (χ2v) is 12.4. The molecule has 0 bridgehead atoms. The van der Waals surface area contributed by atoms with Crippen molar-refractivity contribution in [3.05, 3.63) is 6.33 Å². The third kappa shape index (κ3) is 8.96. The van der Waals surface area contributed by atoms with E-state index in [1.54, 1.807) is 4.57 Å². The van der Waals surface area contributed by atoms with Crippen molar-refractivity contribution in [2.75, 3.05) is 56.3 Å². The summed E-state index contributed by atoms with van der Waals surface area (Å²) < 4.78 is 29.8. The number of carbonyl (C=O) groups excluding carboxylic acids is 1. The predicted molar refractivity (Wildman–Crippen MR) is 148 cm³/mol. The van der Waals surface area contributed by atoms with Crippen LogP contribution in [0.2, 0.25) is 0 Å². The smallest absolute Gasteiger partial charge is 0.226 e. The number of nitrogens with one attached hydrogen (secondary N) is 2. The number of imidazole rings is 1. The number of ether oxygens (including phenoxy) is 1. The molecule has 3 heterocycles. The largest absolute Gasteiger partial charge is 0.387 e. The Balaban J connectivity index is 1.50. The lowest BCUT2D eigenvalue weighted by Gasteiger charge is -2.22. The second kappa shape index (κ2) is 14.2. The highest BCUT2D eigenvalue weighted by Gasteiger charge is 2.44. The molecule has 1 aliphatic heterocycles. The van der Waals surface area contributed by atoms with Gasteiger partial charge in [-0.2, -0.15) is 9.97 Å². The fraction of sp³-hybridized carbons (Fsp3) is 0.750. The number of nitrogens with two attached hydrogens (primary N) is 1. The lowest BCUT2D eigenvalue weighted by Crippen LogP contribution is -2.38. The second-order valence-electron chi connectivity index (χ2n) is 10.1. The molecule has 1 amide bonds. The Morgan fingerprint density at radius 2 is 1.92 bits per heavy atom. The number of nitrogens with zero attached hydrogens (tertiary/aromatic N) is 5. The minimum atomic E-state index is -2.94. The first-order valence-electron chi connectivity index (χ1n) is 13.4. The average molecular weight is 571 g/mol. The maximum absolute atomic E-state index is 12.1. The Morgan fingerprint density at radius 3 is 2.64 bits per heavy atom. The number of anilines is 2. The molecular weight excluding hydrogens is 528 g/mol. The number of unbranched alkanes of at least 4 members (excludes halogenated alkanes) is 3. The molecule has 0 aliphatic carbocycles. The van der Waals surface area contributed by atoms with Gasteiger partial charge < -0.3 is 36.2 Å². The van der Waals surface area contributed by atoms with Gasteiger partial charge in [-0.15, -0.1) is 0 Å². The Morgan fingerprint density at radius 1 is 1.18 bits per heavy atom. The fourth-order valence-corrected chi connectivity index (χ4v) is 5.29. The predicted octanol–water partition coefficient (Wildman–Crippen LogP) is -0.107. The number of aliphatic hydroxyl groups is 2. The Bertz CT molecular complexity index is 1190. The first-order chi connectivity index (χ1) is 18.5. The Kier molecular flexibility index (Phi) is 11.2. The molecule has 15 heteroatoms. The highest BCUT2D eigenvalue weighted by molar-refractivity contribution is 7.90. The monoisotopic (exact) mass is 570 g/mol. The summed E-state index contributed by atoms with van der Waals surface area (Å²) in [5.74, 6) is 0.471. The molecule has 39 heavy (non-hydrogen) atoms. The summed E-state index contributed by atoms with van der Waals surface area (Å²) in [4.78, 5) is 27.1. The van der Waals surface area contributed by atoms with Crippen LogP contribution in [0.5, 0.6) is 0 Å². The summed E-state index contributed by atoms with van der Waals surface area (Å²) in [5.41, 5.74) is 6.79. The van der Waals surface area contributed by atoms with E-state index in [-0.39, 0.29) is 23.4 Å². The van der Waals surface area contributed by atoms with E-state index in [4.69, 9.17) is 10.5 Å². The molecule has 1 fully saturated rings. The molecule has 6 N–H and O–H groups in total. The maximum atomic E-state index is 12.1. The third-order valence-corrected chi connectivity index (χ3v) is 7.59. The lowest BCUT2D eigenvalue weighted by atomic mass is 10.1. The maximum Gasteiger partial charge on any atom is 0.226 e. The van der Waals surface area contributed by atoms with E-state index in [2.05, 4.69) is 32.5 Å². The number of aromatic nitrogens is 4. The number of aliphatic hydroxyl groups excluding tert-OH is 2. The lowest BCUT2D eigenvalue weighted by molar-refractivity contribution is -0.121. The van der Waals surface area contributed by atoms with E-state index in [0.29, 0.717) is 50.1 Å². The SMILES string of the molecule is CCCN(C)C[C@H]1OC(n2cnc3c(N)nc(NCCNC(=O)CCCCCCS(C)(=O)=O)nc32)[C@H](O)[C@@H]1O. The van der Waals surface area contributed by atoms with Crippen molar-refractivity contribution in [2.45, 2.75) is 70.0 Å². The molecule has 220 valence electrons. The highest BCUT2D eigenvalue weighted by Crippen LogP contribution is 2.32. The zero-order chi connectivity index (χ0) is 28.6. The standard InChI is InChI=1S/C24H42N8O6S/c1-4-12-31(2)14-16-19(34)20(35)23(38-16)32-15-28-18-21(25)29-24(30-22(18)32)27-11-10-26-17(33)9-7-5-6-8-13-39(3,36)37/h15-16,19-20,23,34-35H,4-14H2,1-3H3,(H,26,33)(H3,25,27,29,30)/t16-,19-,20-,23?/m1/s1. The third-order valence-electron chi connectivity index (χ3n) is 6.56. The number of rotatable bonds is 16. The van der Waals surface area contributed by atoms with Gasteiger partial charge in [0.15, 0.2) is 17.7 Å². The summed E-state index contributed by atoms with van der Waals surface area (Å²) in [7, 11) is -1.000. The average Bonchev–Trinajstić information content (AvgIpc) is 3.40. The van der Waals surface area contributed by atoms with Gasteiger partial charge in [-0.3, -0.25) is 9.36 Å². The van der Waals surface area contributed by atoms with Crippen LogP contribution in [-0.4, -0.2) is 113 Å². The molecule has 4 atom stereocenters. The molecule has 0 aromatic carbocycles. The first-order valence-corrected chi connectivity index (χ1v) is 15.4.